The van der Waals surface area contributed by atoms with Gasteiger partial charge in [-0.1, -0.05) is 36.4 Å². The number of para-hydroxylation sites is 1. The van der Waals surface area contributed by atoms with Crippen LogP contribution in [0.2, 0.25) is 0 Å². The first kappa shape index (κ1) is 22.2. The summed E-state index contributed by atoms with van der Waals surface area (Å²) >= 11 is 0. The van der Waals surface area contributed by atoms with E-state index in [4.69, 9.17) is 5.21 Å². The molecule has 2 aromatic carbocycles. The molecule has 0 bridgehead atoms. The lowest BCUT2D eigenvalue weighted by Crippen LogP contribution is -2.29. The largest absolute Gasteiger partial charge is 0.364 e. The minimum absolute atomic E-state index is 0.349. The number of amides is 1. The van der Waals surface area contributed by atoms with Gasteiger partial charge in [0.05, 0.1) is 0 Å². The summed E-state index contributed by atoms with van der Waals surface area (Å²) in [6.45, 7) is 4.00. The second kappa shape index (κ2) is 9.71. The highest BCUT2D eigenvalue weighted by atomic mass is 16.5. The van der Waals surface area contributed by atoms with Crippen LogP contribution in [-0.2, 0) is 24.2 Å². The molecule has 1 aliphatic carbocycles. The van der Waals surface area contributed by atoms with Crippen molar-refractivity contribution in [1.82, 2.24) is 20.3 Å². The van der Waals surface area contributed by atoms with Crippen LogP contribution in [0.25, 0.3) is 17.0 Å². The molecule has 0 saturated heterocycles. The maximum atomic E-state index is 11.3. The van der Waals surface area contributed by atoms with E-state index in [2.05, 4.69) is 76.5 Å². The van der Waals surface area contributed by atoms with Gasteiger partial charge in [-0.25, -0.2) is 5.48 Å². The number of nitrogens with zero attached hydrogens (tertiary/aromatic N) is 1. The van der Waals surface area contributed by atoms with Crippen LogP contribution in [0.4, 0.5) is 0 Å². The molecule has 1 amide bonds. The van der Waals surface area contributed by atoms with E-state index < -0.39 is 5.91 Å². The summed E-state index contributed by atoms with van der Waals surface area (Å²) in [7, 11) is 0. The Morgan fingerprint density at radius 3 is 2.91 bits per heavy atom. The standard InChI is InChI=1S/C28H30N4O2/c1-19-12-14-29-26(19)18-32(15-13-22-17-30-25-5-3-2-4-23(22)25)27-10-8-21-16-20(6-9-24(21)27)7-11-28(33)31-34/h2-7,9,11-12,14,16-17,27,29-30,34H,8,10,13,15,18H2,1H3,(H,31,33). The molecule has 1 atom stereocenters. The number of rotatable bonds is 8. The van der Waals surface area contributed by atoms with E-state index in [0.29, 0.717) is 6.04 Å². The molecule has 174 valence electrons. The number of aromatic amines is 2. The first-order valence-electron chi connectivity index (χ1n) is 11.8. The molecule has 0 fully saturated rings. The molecule has 2 heterocycles. The average molecular weight is 455 g/mol. The Morgan fingerprint density at radius 1 is 1.21 bits per heavy atom. The van der Waals surface area contributed by atoms with Crippen molar-refractivity contribution >= 4 is 22.9 Å². The number of carbonyl (C=O) groups excluding carboxylic acids is 1. The third-order valence-electron chi connectivity index (χ3n) is 6.96. The van der Waals surface area contributed by atoms with Crippen LogP contribution in [0.5, 0.6) is 0 Å². The van der Waals surface area contributed by atoms with Crippen LogP contribution in [-0.4, -0.2) is 32.5 Å². The van der Waals surface area contributed by atoms with Crippen LogP contribution in [0.3, 0.4) is 0 Å². The molecular formula is C28H30N4O2. The fourth-order valence-electron chi connectivity index (χ4n) is 5.11. The number of H-pyrrole nitrogens is 2. The van der Waals surface area contributed by atoms with E-state index in [1.807, 2.05) is 6.20 Å². The summed E-state index contributed by atoms with van der Waals surface area (Å²) in [6.07, 6.45) is 10.3. The summed E-state index contributed by atoms with van der Waals surface area (Å²) in [5, 5.41) is 10.0. The summed E-state index contributed by atoms with van der Waals surface area (Å²) < 4.78 is 0. The molecule has 6 nitrogen and oxygen atoms in total. The van der Waals surface area contributed by atoms with Crippen molar-refractivity contribution in [3.63, 3.8) is 0 Å². The van der Waals surface area contributed by atoms with Crippen LogP contribution in [0.15, 0.2) is 67.0 Å². The lowest BCUT2D eigenvalue weighted by atomic mass is 10.0. The van der Waals surface area contributed by atoms with Crippen LogP contribution < -0.4 is 5.48 Å². The van der Waals surface area contributed by atoms with Gasteiger partial charge in [0.1, 0.15) is 0 Å². The van der Waals surface area contributed by atoms with Gasteiger partial charge in [-0.3, -0.25) is 14.9 Å². The summed E-state index contributed by atoms with van der Waals surface area (Å²) in [6, 6.07) is 17.4. The minimum atomic E-state index is -0.525. The predicted molar refractivity (Wildman–Crippen MR) is 134 cm³/mol. The van der Waals surface area contributed by atoms with Crippen molar-refractivity contribution < 1.29 is 10.0 Å². The smallest absolute Gasteiger partial charge is 0.267 e. The normalized spacial score (nSPS) is 15.4. The molecule has 5 rings (SSSR count). The number of hydroxylamine groups is 1. The zero-order valence-electron chi connectivity index (χ0n) is 19.3. The fourth-order valence-corrected chi connectivity index (χ4v) is 5.11. The van der Waals surface area contributed by atoms with E-state index in [0.717, 1.165) is 37.9 Å². The highest BCUT2D eigenvalue weighted by Crippen LogP contribution is 2.37. The van der Waals surface area contributed by atoms with E-state index >= 15 is 0 Å². The third kappa shape index (κ3) is 4.55. The van der Waals surface area contributed by atoms with Gasteiger partial charge < -0.3 is 9.97 Å². The van der Waals surface area contributed by atoms with E-state index in [1.165, 1.54) is 44.9 Å². The van der Waals surface area contributed by atoms with Gasteiger partial charge in [-0.2, -0.15) is 0 Å². The van der Waals surface area contributed by atoms with Crippen LogP contribution in [0, 0.1) is 6.92 Å². The van der Waals surface area contributed by atoms with Crippen molar-refractivity contribution in [2.24, 2.45) is 0 Å². The molecule has 6 heteroatoms. The molecule has 1 unspecified atom stereocenters. The number of benzene rings is 2. The van der Waals surface area contributed by atoms with Gasteiger partial charge in [0.2, 0.25) is 0 Å². The Labute approximate surface area is 199 Å². The Hall–Kier alpha value is -3.61. The maximum absolute atomic E-state index is 11.3. The second-order valence-electron chi connectivity index (χ2n) is 9.04. The lowest BCUT2D eigenvalue weighted by Gasteiger charge is -2.30. The number of carbonyl (C=O) groups is 1. The first-order valence-corrected chi connectivity index (χ1v) is 11.8. The topological polar surface area (TPSA) is 84.2 Å². The van der Waals surface area contributed by atoms with Gasteiger partial charge in [-0.15, -0.1) is 0 Å². The molecule has 0 spiro atoms. The molecule has 2 aromatic heterocycles. The lowest BCUT2D eigenvalue weighted by molar-refractivity contribution is -0.124. The number of aryl methyl sites for hydroxylation is 2. The van der Waals surface area contributed by atoms with Crippen LogP contribution in [0.1, 0.15) is 46.0 Å². The SMILES string of the molecule is Cc1cc[nH]c1CN(CCc1c[nH]c2ccccc12)C1CCc2cc(C=CC(=O)NO)ccc21. The van der Waals surface area contributed by atoms with Crippen molar-refractivity contribution in [3.05, 3.63) is 101 Å². The summed E-state index contributed by atoms with van der Waals surface area (Å²) in [5.74, 6) is -0.525. The molecule has 4 N–H and O–H groups in total. The molecule has 0 aliphatic heterocycles. The van der Waals surface area contributed by atoms with Gasteiger partial charge in [0.25, 0.3) is 5.91 Å². The average Bonchev–Trinajstić information content (AvgIpc) is 3.58. The Morgan fingerprint density at radius 2 is 2.09 bits per heavy atom. The molecule has 34 heavy (non-hydrogen) atoms. The third-order valence-corrected chi connectivity index (χ3v) is 6.96. The van der Waals surface area contributed by atoms with Crippen molar-refractivity contribution in [3.8, 4) is 0 Å². The highest BCUT2D eigenvalue weighted by molar-refractivity contribution is 5.90. The Bertz CT molecular complexity index is 1330. The van der Waals surface area contributed by atoms with E-state index in [9.17, 15) is 4.79 Å². The fraction of sp³-hybridized carbons (Fsp3) is 0.250. The monoisotopic (exact) mass is 454 g/mol. The first-order chi connectivity index (χ1) is 16.6. The molecule has 4 aromatic rings. The molecule has 1 aliphatic rings. The number of hydrogen-bond donors (Lipinski definition) is 4. The zero-order valence-corrected chi connectivity index (χ0v) is 19.3. The van der Waals surface area contributed by atoms with Crippen molar-refractivity contribution in [2.75, 3.05) is 6.54 Å². The number of fused-ring (bicyclic) bond motifs is 2. The van der Waals surface area contributed by atoms with Crippen molar-refractivity contribution in [2.45, 2.75) is 38.8 Å². The predicted octanol–water partition coefficient (Wildman–Crippen LogP) is 5.06. The zero-order chi connectivity index (χ0) is 23.5. The molecule has 0 radical (unpaired) electrons. The molecular weight excluding hydrogens is 424 g/mol. The second-order valence-corrected chi connectivity index (χ2v) is 9.04. The Balaban J connectivity index is 1.39. The summed E-state index contributed by atoms with van der Waals surface area (Å²) in [4.78, 5) is 20.8. The quantitative estimate of drug-likeness (QED) is 0.171. The Kier molecular flexibility index (Phi) is 6.34. The number of hydrogen-bond acceptors (Lipinski definition) is 3. The minimum Gasteiger partial charge on any atom is -0.364 e. The van der Waals surface area contributed by atoms with Crippen LogP contribution >= 0.6 is 0 Å². The summed E-state index contributed by atoms with van der Waals surface area (Å²) in [5.41, 5.74) is 10.4. The van der Waals surface area contributed by atoms with Gasteiger partial charge >= 0.3 is 0 Å². The van der Waals surface area contributed by atoms with E-state index in [-0.39, 0.29) is 0 Å². The van der Waals surface area contributed by atoms with Gasteiger partial charge in [0, 0.05) is 54.2 Å². The maximum Gasteiger partial charge on any atom is 0.267 e. The van der Waals surface area contributed by atoms with Gasteiger partial charge in [0.15, 0.2) is 0 Å². The van der Waals surface area contributed by atoms with Gasteiger partial charge in [-0.05, 0) is 72.2 Å². The van der Waals surface area contributed by atoms with Crippen molar-refractivity contribution in [1.29, 1.82) is 0 Å². The highest BCUT2D eigenvalue weighted by Gasteiger charge is 2.28. The molecule has 0 saturated carbocycles. The van der Waals surface area contributed by atoms with E-state index in [1.54, 1.807) is 11.6 Å². The number of nitrogens with one attached hydrogen (secondary N) is 3. The number of aromatic nitrogens is 2.